The van der Waals surface area contributed by atoms with Gasteiger partial charge in [0.25, 0.3) is 5.91 Å². The number of aryl methyl sites for hydroxylation is 1. The highest BCUT2D eigenvalue weighted by molar-refractivity contribution is 6.11. The van der Waals surface area contributed by atoms with Crippen molar-refractivity contribution in [3.63, 3.8) is 0 Å². The van der Waals surface area contributed by atoms with E-state index < -0.39 is 23.2 Å². The summed E-state index contributed by atoms with van der Waals surface area (Å²) >= 11 is 0. The molecule has 0 aliphatic heterocycles. The molecule has 0 spiro atoms. The summed E-state index contributed by atoms with van der Waals surface area (Å²) in [4.78, 5) is 24.0. The lowest BCUT2D eigenvalue weighted by Crippen LogP contribution is -2.52. The first-order valence-corrected chi connectivity index (χ1v) is 6.20. The highest BCUT2D eigenvalue weighted by atomic mass is 19.4. The molecule has 4 nitrogen and oxygen atoms in total. The van der Waals surface area contributed by atoms with Gasteiger partial charge in [-0.3, -0.25) is 14.5 Å². The summed E-state index contributed by atoms with van der Waals surface area (Å²) in [7, 11) is 1.52. The molecule has 1 aromatic rings. The van der Waals surface area contributed by atoms with Crippen LogP contribution in [0.1, 0.15) is 25.0 Å². The molecule has 0 aromatic heterocycles. The van der Waals surface area contributed by atoms with Gasteiger partial charge in [-0.25, -0.2) is 0 Å². The number of likely N-dealkylation sites (N-methyl/N-ethyl adjacent to an activating group) is 1. The second kappa shape index (κ2) is 5.85. The molecule has 0 aliphatic rings. The molecule has 0 atom stereocenters. The Kier molecular flexibility index (Phi) is 4.78. The number of carbonyl (C=O) groups is 2. The molecule has 116 valence electrons. The van der Waals surface area contributed by atoms with Gasteiger partial charge in [0.15, 0.2) is 0 Å². The van der Waals surface area contributed by atoms with Crippen LogP contribution >= 0.6 is 0 Å². The Morgan fingerprint density at radius 3 is 2.29 bits per heavy atom. The minimum atomic E-state index is -4.55. The van der Waals surface area contributed by atoms with E-state index in [1.54, 1.807) is 0 Å². The Labute approximate surface area is 120 Å². The molecule has 1 rings (SSSR count). The molecule has 0 unspecified atom stereocenters. The molecule has 2 amide bonds. The number of rotatable bonds is 4. The molecule has 7 heteroatoms. The van der Waals surface area contributed by atoms with Crippen molar-refractivity contribution in [1.82, 2.24) is 5.32 Å². The number of imide groups is 1. The van der Waals surface area contributed by atoms with Crippen LogP contribution < -0.4 is 10.2 Å². The van der Waals surface area contributed by atoms with Gasteiger partial charge in [0.1, 0.15) is 0 Å². The molecule has 1 N–H and O–H groups in total. The first kappa shape index (κ1) is 17.2. The van der Waals surface area contributed by atoms with E-state index in [1.807, 2.05) is 0 Å². The first-order valence-electron chi connectivity index (χ1n) is 6.20. The predicted molar refractivity (Wildman–Crippen MR) is 72.9 cm³/mol. The Balaban J connectivity index is 3.31. The highest BCUT2D eigenvalue weighted by Crippen LogP contribution is 2.34. The molecule has 0 saturated carbocycles. The van der Waals surface area contributed by atoms with E-state index in [0.717, 1.165) is 6.07 Å². The topological polar surface area (TPSA) is 49.4 Å². The number of halogens is 3. The summed E-state index contributed by atoms with van der Waals surface area (Å²) in [6, 6.07) is 3.34. The van der Waals surface area contributed by atoms with Crippen LogP contribution in [-0.2, 0) is 15.8 Å². The number of alkyl halides is 3. The van der Waals surface area contributed by atoms with Crippen LogP contribution in [0.3, 0.4) is 0 Å². The summed E-state index contributed by atoms with van der Waals surface area (Å²) in [6.07, 6.45) is -4.33. The van der Waals surface area contributed by atoms with Gasteiger partial charge in [-0.05, 0) is 45.5 Å². The van der Waals surface area contributed by atoms with Crippen molar-refractivity contribution in [3.8, 4) is 0 Å². The van der Waals surface area contributed by atoms with E-state index >= 15 is 0 Å². The van der Waals surface area contributed by atoms with Crippen molar-refractivity contribution < 1.29 is 22.8 Å². The largest absolute Gasteiger partial charge is 0.416 e. The fourth-order valence-corrected chi connectivity index (χ4v) is 1.70. The summed E-state index contributed by atoms with van der Waals surface area (Å²) in [5.41, 5.74) is -2.04. The zero-order chi connectivity index (χ0) is 16.4. The SMILES string of the molecule is CNC(C)(C)C(=O)N(C=O)c1ccc(C)c(C(F)(F)F)c1. The first-order chi connectivity index (χ1) is 9.54. The monoisotopic (exact) mass is 302 g/mol. The third-order valence-corrected chi connectivity index (χ3v) is 3.29. The minimum absolute atomic E-state index is 0.0254. The molecular formula is C14H17F3N2O2. The lowest BCUT2D eigenvalue weighted by Gasteiger charge is -2.28. The molecule has 0 fully saturated rings. The number of carbonyl (C=O) groups excluding carboxylic acids is 2. The molecule has 0 aliphatic carbocycles. The summed E-state index contributed by atoms with van der Waals surface area (Å²) < 4.78 is 38.7. The Hall–Kier alpha value is -1.89. The maximum atomic E-state index is 12.9. The van der Waals surface area contributed by atoms with Gasteiger partial charge >= 0.3 is 6.18 Å². The Morgan fingerprint density at radius 1 is 1.29 bits per heavy atom. The van der Waals surface area contributed by atoms with E-state index in [2.05, 4.69) is 5.32 Å². The second-order valence-corrected chi connectivity index (χ2v) is 5.15. The van der Waals surface area contributed by atoms with E-state index in [0.29, 0.717) is 4.90 Å². The van der Waals surface area contributed by atoms with Crippen molar-refractivity contribution in [1.29, 1.82) is 0 Å². The fourth-order valence-electron chi connectivity index (χ4n) is 1.70. The van der Waals surface area contributed by atoms with E-state index in [4.69, 9.17) is 0 Å². The lowest BCUT2D eigenvalue weighted by atomic mass is 10.0. The second-order valence-electron chi connectivity index (χ2n) is 5.15. The highest BCUT2D eigenvalue weighted by Gasteiger charge is 2.35. The van der Waals surface area contributed by atoms with Gasteiger partial charge in [0, 0.05) is 0 Å². The predicted octanol–water partition coefficient (Wildman–Crippen LogP) is 2.50. The van der Waals surface area contributed by atoms with Crippen molar-refractivity contribution in [2.24, 2.45) is 0 Å². The van der Waals surface area contributed by atoms with Crippen LogP contribution in [0.25, 0.3) is 0 Å². The summed E-state index contributed by atoms with van der Waals surface area (Å²) in [5, 5.41) is 2.71. The third kappa shape index (κ3) is 3.60. The standard InChI is InChI=1S/C14H17F3N2O2/c1-9-5-6-10(7-11(9)14(15,16)17)19(8-20)12(21)13(2,3)18-4/h5-8,18H,1-4H3. The van der Waals surface area contributed by atoms with Gasteiger partial charge in [-0.1, -0.05) is 6.07 Å². The molecule has 0 heterocycles. The Bertz CT molecular complexity index is 554. The van der Waals surface area contributed by atoms with Crippen LogP contribution in [0.2, 0.25) is 0 Å². The summed E-state index contributed by atoms with van der Waals surface area (Å²) in [6.45, 7) is 4.38. The number of hydrogen-bond donors (Lipinski definition) is 1. The maximum Gasteiger partial charge on any atom is 0.416 e. The molecule has 0 saturated heterocycles. The van der Waals surface area contributed by atoms with Crippen LogP contribution in [0.15, 0.2) is 18.2 Å². The van der Waals surface area contributed by atoms with Gasteiger partial charge in [-0.2, -0.15) is 13.2 Å². The molecular weight excluding hydrogens is 285 g/mol. The van der Waals surface area contributed by atoms with Crippen LogP contribution in [-0.4, -0.2) is 24.9 Å². The van der Waals surface area contributed by atoms with Crippen molar-refractivity contribution in [2.75, 3.05) is 11.9 Å². The number of benzene rings is 1. The average Bonchev–Trinajstić information content (AvgIpc) is 2.39. The van der Waals surface area contributed by atoms with Crippen LogP contribution in [0, 0.1) is 6.92 Å². The molecule has 21 heavy (non-hydrogen) atoms. The Morgan fingerprint density at radius 2 is 1.86 bits per heavy atom. The quantitative estimate of drug-likeness (QED) is 0.869. The third-order valence-electron chi connectivity index (χ3n) is 3.29. The zero-order valence-corrected chi connectivity index (χ0v) is 12.2. The minimum Gasteiger partial charge on any atom is -0.307 e. The van der Waals surface area contributed by atoms with Crippen molar-refractivity contribution in [3.05, 3.63) is 29.3 Å². The number of anilines is 1. The van der Waals surface area contributed by atoms with Gasteiger partial charge in [0.05, 0.1) is 16.8 Å². The number of hydrogen-bond acceptors (Lipinski definition) is 3. The van der Waals surface area contributed by atoms with Gasteiger partial charge in [0.2, 0.25) is 6.41 Å². The number of nitrogens with one attached hydrogen (secondary N) is 1. The van der Waals surface area contributed by atoms with E-state index in [9.17, 15) is 22.8 Å². The van der Waals surface area contributed by atoms with Crippen LogP contribution in [0.4, 0.5) is 18.9 Å². The molecule has 0 radical (unpaired) electrons. The van der Waals surface area contributed by atoms with Crippen molar-refractivity contribution in [2.45, 2.75) is 32.5 Å². The normalized spacial score (nSPS) is 12.1. The van der Waals surface area contributed by atoms with Gasteiger partial charge in [-0.15, -0.1) is 0 Å². The lowest BCUT2D eigenvalue weighted by molar-refractivity contribution is -0.138. The van der Waals surface area contributed by atoms with Crippen LogP contribution in [0.5, 0.6) is 0 Å². The van der Waals surface area contributed by atoms with Gasteiger partial charge < -0.3 is 5.32 Å². The van der Waals surface area contributed by atoms with Crippen molar-refractivity contribution >= 4 is 18.0 Å². The number of nitrogens with zero attached hydrogens (tertiary/aromatic N) is 1. The van der Waals surface area contributed by atoms with E-state index in [1.165, 1.54) is 40.0 Å². The van der Waals surface area contributed by atoms with E-state index in [-0.39, 0.29) is 17.7 Å². The smallest absolute Gasteiger partial charge is 0.307 e. The zero-order valence-electron chi connectivity index (χ0n) is 12.2. The number of amides is 2. The maximum absolute atomic E-state index is 12.9. The summed E-state index contributed by atoms with van der Waals surface area (Å²) in [5.74, 6) is -0.642. The average molecular weight is 302 g/mol. The molecule has 1 aromatic carbocycles. The fraction of sp³-hybridized carbons (Fsp3) is 0.429. The molecule has 0 bridgehead atoms.